The van der Waals surface area contributed by atoms with Crippen molar-refractivity contribution in [1.82, 2.24) is 10.4 Å². The first kappa shape index (κ1) is 18.4. The van der Waals surface area contributed by atoms with Gasteiger partial charge in [-0.2, -0.15) is 5.10 Å². The van der Waals surface area contributed by atoms with E-state index in [2.05, 4.69) is 34.3 Å². The van der Waals surface area contributed by atoms with Gasteiger partial charge in [-0.25, -0.2) is 5.43 Å². The van der Waals surface area contributed by atoms with E-state index < -0.39 is 0 Å². The second kappa shape index (κ2) is 8.31. The van der Waals surface area contributed by atoms with Gasteiger partial charge in [0.15, 0.2) is 0 Å². The van der Waals surface area contributed by atoms with Crippen molar-refractivity contribution >= 4 is 28.7 Å². The van der Waals surface area contributed by atoms with Crippen molar-refractivity contribution in [2.45, 2.75) is 13.8 Å². The molecule has 0 spiro atoms. The molecule has 0 unspecified atom stereocenters. The highest BCUT2D eigenvalue weighted by molar-refractivity contribution is 5.95. The molecule has 3 rings (SSSR count). The Balaban J connectivity index is 1.70. The van der Waals surface area contributed by atoms with Crippen molar-refractivity contribution < 1.29 is 4.79 Å². The van der Waals surface area contributed by atoms with Crippen molar-refractivity contribution in [1.29, 1.82) is 0 Å². The van der Waals surface area contributed by atoms with Crippen molar-refractivity contribution in [3.8, 4) is 0 Å². The van der Waals surface area contributed by atoms with Crippen LogP contribution in [0.3, 0.4) is 0 Å². The van der Waals surface area contributed by atoms with Crippen LogP contribution in [0.25, 0.3) is 10.9 Å². The summed E-state index contributed by atoms with van der Waals surface area (Å²) >= 11 is 0. The number of hydrogen-bond acceptors (Lipinski definition) is 4. The maximum Gasteiger partial charge on any atom is 0.271 e. The van der Waals surface area contributed by atoms with Gasteiger partial charge >= 0.3 is 0 Å². The Morgan fingerprint density at radius 1 is 1.11 bits per heavy atom. The lowest BCUT2D eigenvalue weighted by molar-refractivity contribution is 0.0955. The van der Waals surface area contributed by atoms with Crippen LogP contribution in [0.15, 0.2) is 64.5 Å². The zero-order valence-corrected chi connectivity index (χ0v) is 15.4. The predicted octanol–water partition coefficient (Wildman–Crippen LogP) is 3.14. The van der Waals surface area contributed by atoms with E-state index in [4.69, 9.17) is 0 Å². The van der Waals surface area contributed by atoms with E-state index in [1.807, 2.05) is 36.4 Å². The molecule has 0 aliphatic heterocycles. The van der Waals surface area contributed by atoms with Crippen LogP contribution in [0.5, 0.6) is 0 Å². The molecule has 6 heteroatoms. The van der Waals surface area contributed by atoms with E-state index in [0.717, 1.165) is 29.7 Å². The standard InChI is InChI=1S/C21H22N4O2/c1-3-25(4-2)18-11-9-15(10-12-18)21(27)24-22-14-17-13-16-7-5-6-8-19(16)23-20(17)26/h5-14H,3-4H2,1-2H3,(H,23,26)(H,24,27)/b22-14+. The normalized spacial score (nSPS) is 11.0. The summed E-state index contributed by atoms with van der Waals surface area (Å²) in [5, 5.41) is 4.82. The number of amides is 1. The van der Waals surface area contributed by atoms with Gasteiger partial charge in [0, 0.05) is 29.9 Å². The zero-order valence-electron chi connectivity index (χ0n) is 15.4. The monoisotopic (exact) mass is 362 g/mol. The van der Waals surface area contributed by atoms with Crippen LogP contribution in [0.4, 0.5) is 5.69 Å². The highest BCUT2D eigenvalue weighted by Crippen LogP contribution is 2.15. The summed E-state index contributed by atoms with van der Waals surface area (Å²) in [6, 6.07) is 16.6. The molecule has 138 valence electrons. The topological polar surface area (TPSA) is 77.6 Å². The number of pyridine rings is 1. The second-order valence-electron chi connectivity index (χ2n) is 6.06. The van der Waals surface area contributed by atoms with Crippen LogP contribution in [0.2, 0.25) is 0 Å². The molecule has 27 heavy (non-hydrogen) atoms. The minimum atomic E-state index is -0.324. The number of benzene rings is 2. The Hall–Kier alpha value is -3.41. The molecule has 0 fully saturated rings. The highest BCUT2D eigenvalue weighted by Gasteiger charge is 2.07. The van der Waals surface area contributed by atoms with E-state index in [1.165, 1.54) is 6.21 Å². The third kappa shape index (κ3) is 4.23. The number of nitrogens with zero attached hydrogens (tertiary/aromatic N) is 2. The van der Waals surface area contributed by atoms with Crippen LogP contribution < -0.4 is 15.9 Å². The van der Waals surface area contributed by atoms with E-state index in [9.17, 15) is 9.59 Å². The highest BCUT2D eigenvalue weighted by atomic mass is 16.2. The summed E-state index contributed by atoms with van der Waals surface area (Å²) < 4.78 is 0. The lowest BCUT2D eigenvalue weighted by Gasteiger charge is -2.20. The largest absolute Gasteiger partial charge is 0.372 e. The van der Waals surface area contributed by atoms with Crippen molar-refractivity contribution in [2.24, 2.45) is 5.10 Å². The van der Waals surface area contributed by atoms with E-state index in [0.29, 0.717) is 11.1 Å². The number of aromatic amines is 1. The number of carbonyl (C=O) groups is 1. The maximum absolute atomic E-state index is 12.2. The van der Waals surface area contributed by atoms with Gasteiger partial charge in [0.1, 0.15) is 0 Å². The molecule has 1 heterocycles. The van der Waals surface area contributed by atoms with Gasteiger partial charge in [-0.15, -0.1) is 0 Å². The Labute approximate surface area is 157 Å². The Kier molecular flexibility index (Phi) is 5.66. The predicted molar refractivity (Wildman–Crippen MR) is 110 cm³/mol. The number of hydrogen-bond donors (Lipinski definition) is 2. The molecule has 0 atom stereocenters. The molecule has 2 N–H and O–H groups in total. The number of hydrazone groups is 1. The quantitative estimate of drug-likeness (QED) is 0.522. The third-order valence-electron chi connectivity index (χ3n) is 4.41. The minimum absolute atomic E-state index is 0.254. The molecule has 0 saturated carbocycles. The molecule has 0 saturated heterocycles. The Morgan fingerprint density at radius 3 is 2.52 bits per heavy atom. The molecule has 6 nitrogen and oxygen atoms in total. The van der Waals surface area contributed by atoms with Gasteiger partial charge in [-0.05, 0) is 55.6 Å². The molecule has 0 bridgehead atoms. The van der Waals surface area contributed by atoms with Crippen molar-refractivity contribution in [2.75, 3.05) is 18.0 Å². The summed E-state index contributed by atoms with van der Waals surface area (Å²) in [6.07, 6.45) is 1.35. The molecule has 0 aliphatic carbocycles. The second-order valence-corrected chi connectivity index (χ2v) is 6.06. The van der Waals surface area contributed by atoms with E-state index in [1.54, 1.807) is 18.2 Å². The molecule has 0 radical (unpaired) electrons. The molecule has 2 aromatic carbocycles. The average Bonchev–Trinajstić information content (AvgIpc) is 2.69. The van der Waals surface area contributed by atoms with Crippen molar-refractivity contribution in [3.05, 3.63) is 76.1 Å². The lowest BCUT2D eigenvalue weighted by Crippen LogP contribution is -2.22. The van der Waals surface area contributed by atoms with E-state index >= 15 is 0 Å². The number of aromatic nitrogens is 1. The number of para-hydroxylation sites is 1. The van der Waals surface area contributed by atoms with Crippen LogP contribution in [-0.4, -0.2) is 30.2 Å². The Morgan fingerprint density at radius 2 is 1.81 bits per heavy atom. The van der Waals surface area contributed by atoms with Crippen LogP contribution >= 0.6 is 0 Å². The lowest BCUT2D eigenvalue weighted by atomic mass is 10.2. The summed E-state index contributed by atoms with van der Waals surface area (Å²) in [6.45, 7) is 6.00. The summed E-state index contributed by atoms with van der Waals surface area (Å²) in [4.78, 5) is 29.3. The molecular weight excluding hydrogens is 340 g/mol. The first-order chi connectivity index (χ1) is 13.1. The Bertz CT molecular complexity index is 1020. The smallest absolute Gasteiger partial charge is 0.271 e. The fourth-order valence-corrected chi connectivity index (χ4v) is 2.90. The first-order valence-corrected chi connectivity index (χ1v) is 8.93. The summed E-state index contributed by atoms with van der Waals surface area (Å²) in [7, 11) is 0. The number of carbonyl (C=O) groups excluding carboxylic acids is 1. The molecule has 1 aromatic heterocycles. The van der Waals surface area contributed by atoms with Crippen LogP contribution in [-0.2, 0) is 0 Å². The maximum atomic E-state index is 12.2. The van der Waals surface area contributed by atoms with Gasteiger partial charge in [0.25, 0.3) is 11.5 Å². The van der Waals surface area contributed by atoms with Gasteiger partial charge in [-0.1, -0.05) is 18.2 Å². The fraction of sp³-hybridized carbons (Fsp3) is 0.190. The molecule has 0 aliphatic rings. The summed E-state index contributed by atoms with van der Waals surface area (Å²) in [5.41, 5.74) is 4.93. The molecule has 1 amide bonds. The van der Waals surface area contributed by atoms with Gasteiger partial charge in [0.05, 0.1) is 11.8 Å². The van der Waals surface area contributed by atoms with Gasteiger partial charge in [0.2, 0.25) is 0 Å². The molecule has 3 aromatic rings. The minimum Gasteiger partial charge on any atom is -0.372 e. The van der Waals surface area contributed by atoms with Gasteiger partial charge in [-0.3, -0.25) is 9.59 Å². The SMILES string of the molecule is CCN(CC)c1ccc(C(=O)N/N=C/c2cc3ccccc3[nH]c2=O)cc1. The van der Waals surface area contributed by atoms with E-state index in [-0.39, 0.29) is 11.5 Å². The summed E-state index contributed by atoms with van der Waals surface area (Å²) in [5.74, 6) is -0.324. The number of H-pyrrole nitrogens is 1. The van der Waals surface area contributed by atoms with Crippen LogP contribution in [0.1, 0.15) is 29.8 Å². The number of fused-ring (bicyclic) bond motifs is 1. The van der Waals surface area contributed by atoms with Crippen LogP contribution in [0, 0.1) is 0 Å². The average molecular weight is 362 g/mol. The third-order valence-corrected chi connectivity index (χ3v) is 4.41. The first-order valence-electron chi connectivity index (χ1n) is 8.93. The van der Waals surface area contributed by atoms with Gasteiger partial charge < -0.3 is 9.88 Å². The zero-order chi connectivity index (χ0) is 19.2. The number of anilines is 1. The van der Waals surface area contributed by atoms with Crippen molar-refractivity contribution in [3.63, 3.8) is 0 Å². The number of rotatable bonds is 6. The number of nitrogens with one attached hydrogen (secondary N) is 2. The fourth-order valence-electron chi connectivity index (χ4n) is 2.90. The molecular formula is C21H22N4O2.